The molecule has 86 valence electrons. The van der Waals surface area contributed by atoms with Crippen molar-refractivity contribution in [3.63, 3.8) is 0 Å². The Morgan fingerprint density at radius 1 is 0.889 bits per heavy atom. The average molecular weight is 251 g/mol. The number of rotatable bonds is 0. The lowest BCUT2D eigenvalue weighted by atomic mass is 10.1. The van der Waals surface area contributed by atoms with Crippen LogP contribution in [0.1, 0.15) is 0 Å². The maximum Gasteiger partial charge on any atom is 0.248 e. The van der Waals surface area contributed by atoms with Crippen LogP contribution in [0, 0.1) is 0 Å². The summed E-state index contributed by atoms with van der Waals surface area (Å²) in [4.78, 5) is 14.4. The van der Waals surface area contributed by atoms with E-state index in [1.54, 1.807) is 17.4 Å². The standard InChI is InChI=1S/C15H9NOS/c17-13-8-6-9-5-7-11-10-3-1-2-4-12(10)18-15(11)14(9)16-13/h1-8H,(H,16,17). The summed E-state index contributed by atoms with van der Waals surface area (Å²) >= 11 is 1.73. The summed E-state index contributed by atoms with van der Waals surface area (Å²) in [6, 6.07) is 16.0. The summed E-state index contributed by atoms with van der Waals surface area (Å²) in [5.74, 6) is 0. The molecule has 2 aromatic carbocycles. The minimum atomic E-state index is -0.0487. The highest BCUT2D eigenvalue weighted by Gasteiger charge is 2.07. The third-order valence-corrected chi connectivity index (χ3v) is 4.45. The van der Waals surface area contributed by atoms with Crippen molar-refractivity contribution in [2.24, 2.45) is 0 Å². The van der Waals surface area contributed by atoms with E-state index in [1.165, 1.54) is 15.5 Å². The van der Waals surface area contributed by atoms with Crippen LogP contribution in [0.4, 0.5) is 0 Å². The van der Waals surface area contributed by atoms with Crippen LogP contribution in [0.2, 0.25) is 0 Å². The van der Waals surface area contributed by atoms with E-state index in [0.717, 1.165) is 15.6 Å². The highest BCUT2D eigenvalue weighted by atomic mass is 32.1. The first-order valence-electron chi connectivity index (χ1n) is 5.76. The van der Waals surface area contributed by atoms with Crippen LogP contribution >= 0.6 is 11.3 Å². The average Bonchev–Trinajstić information content (AvgIpc) is 2.78. The Kier molecular flexibility index (Phi) is 1.88. The fraction of sp³-hybridized carbons (Fsp3) is 0. The van der Waals surface area contributed by atoms with Gasteiger partial charge in [-0.15, -0.1) is 11.3 Å². The van der Waals surface area contributed by atoms with Gasteiger partial charge >= 0.3 is 0 Å². The second-order valence-electron chi connectivity index (χ2n) is 4.33. The molecule has 0 spiro atoms. The summed E-state index contributed by atoms with van der Waals surface area (Å²) in [6.07, 6.45) is 0. The highest BCUT2D eigenvalue weighted by Crippen LogP contribution is 2.36. The van der Waals surface area contributed by atoms with Crippen LogP contribution in [-0.4, -0.2) is 4.98 Å². The Balaban J connectivity index is 2.34. The molecule has 0 aliphatic heterocycles. The van der Waals surface area contributed by atoms with E-state index in [0.29, 0.717) is 0 Å². The Labute approximate surface area is 106 Å². The quantitative estimate of drug-likeness (QED) is 0.505. The van der Waals surface area contributed by atoms with Crippen molar-refractivity contribution in [1.29, 1.82) is 0 Å². The third kappa shape index (κ3) is 1.25. The summed E-state index contributed by atoms with van der Waals surface area (Å²) in [5, 5.41) is 3.54. The van der Waals surface area contributed by atoms with Crippen molar-refractivity contribution in [3.8, 4) is 0 Å². The zero-order valence-corrected chi connectivity index (χ0v) is 10.3. The smallest absolute Gasteiger partial charge is 0.248 e. The molecule has 0 aliphatic rings. The van der Waals surface area contributed by atoms with Crippen LogP contribution in [0.3, 0.4) is 0 Å². The first-order valence-corrected chi connectivity index (χ1v) is 6.58. The van der Waals surface area contributed by atoms with Gasteiger partial charge in [-0.3, -0.25) is 4.79 Å². The van der Waals surface area contributed by atoms with Crippen molar-refractivity contribution in [2.75, 3.05) is 0 Å². The SMILES string of the molecule is O=c1ccc2ccc3c4ccccc4sc3c2[nH]1. The number of aromatic amines is 1. The molecule has 18 heavy (non-hydrogen) atoms. The minimum absolute atomic E-state index is 0.0487. The first kappa shape index (κ1) is 9.85. The predicted molar refractivity (Wildman–Crippen MR) is 77.5 cm³/mol. The molecule has 2 heterocycles. The highest BCUT2D eigenvalue weighted by molar-refractivity contribution is 7.26. The summed E-state index contributed by atoms with van der Waals surface area (Å²) in [6.45, 7) is 0. The number of hydrogen-bond acceptors (Lipinski definition) is 2. The van der Waals surface area contributed by atoms with Crippen molar-refractivity contribution in [2.45, 2.75) is 0 Å². The Hall–Kier alpha value is -2.13. The van der Waals surface area contributed by atoms with Gasteiger partial charge in [0.15, 0.2) is 0 Å². The van der Waals surface area contributed by atoms with Gasteiger partial charge in [0.1, 0.15) is 0 Å². The van der Waals surface area contributed by atoms with Gasteiger partial charge in [0.05, 0.1) is 10.2 Å². The Morgan fingerprint density at radius 2 is 1.72 bits per heavy atom. The third-order valence-electron chi connectivity index (χ3n) is 3.24. The number of nitrogens with one attached hydrogen (secondary N) is 1. The van der Waals surface area contributed by atoms with Gasteiger partial charge in [-0.25, -0.2) is 0 Å². The van der Waals surface area contributed by atoms with Crippen LogP contribution in [0.5, 0.6) is 0 Å². The molecule has 3 heteroatoms. The maximum atomic E-state index is 11.5. The van der Waals surface area contributed by atoms with Gasteiger partial charge in [-0.1, -0.05) is 30.3 Å². The molecule has 2 aromatic heterocycles. The molecular formula is C15H9NOS. The van der Waals surface area contributed by atoms with Gasteiger partial charge in [-0.05, 0) is 17.5 Å². The molecule has 0 fully saturated rings. The number of hydrogen-bond donors (Lipinski definition) is 1. The van der Waals surface area contributed by atoms with Crippen LogP contribution < -0.4 is 5.56 Å². The Morgan fingerprint density at radius 3 is 2.67 bits per heavy atom. The van der Waals surface area contributed by atoms with Gasteiger partial charge in [0.2, 0.25) is 5.56 Å². The largest absolute Gasteiger partial charge is 0.321 e. The molecule has 0 atom stereocenters. The molecular weight excluding hydrogens is 242 g/mol. The maximum absolute atomic E-state index is 11.5. The van der Waals surface area contributed by atoms with E-state index in [1.807, 2.05) is 18.2 Å². The van der Waals surface area contributed by atoms with Crippen molar-refractivity contribution in [3.05, 3.63) is 58.9 Å². The van der Waals surface area contributed by atoms with Crippen molar-refractivity contribution in [1.82, 2.24) is 4.98 Å². The number of benzene rings is 2. The lowest BCUT2D eigenvalue weighted by Gasteiger charge is -1.98. The van der Waals surface area contributed by atoms with Crippen LogP contribution in [0.25, 0.3) is 31.1 Å². The van der Waals surface area contributed by atoms with E-state index < -0.39 is 0 Å². The van der Waals surface area contributed by atoms with E-state index >= 15 is 0 Å². The fourth-order valence-electron chi connectivity index (χ4n) is 2.40. The number of thiophene rings is 1. The zero-order chi connectivity index (χ0) is 12.1. The predicted octanol–water partition coefficient (Wildman–Crippen LogP) is 3.90. The molecule has 4 aromatic rings. The molecule has 0 radical (unpaired) electrons. The Bertz CT molecular complexity index is 949. The van der Waals surface area contributed by atoms with Gasteiger partial charge in [-0.2, -0.15) is 0 Å². The molecule has 2 nitrogen and oxygen atoms in total. The van der Waals surface area contributed by atoms with Gasteiger partial charge < -0.3 is 4.98 Å². The molecule has 1 N–H and O–H groups in total. The minimum Gasteiger partial charge on any atom is -0.321 e. The normalized spacial score (nSPS) is 11.6. The van der Waals surface area contributed by atoms with Crippen LogP contribution in [0.15, 0.2) is 53.3 Å². The topological polar surface area (TPSA) is 32.9 Å². The van der Waals surface area contributed by atoms with Gasteiger partial charge in [0.25, 0.3) is 0 Å². The first-order chi connectivity index (χ1) is 8.83. The number of pyridine rings is 1. The second-order valence-corrected chi connectivity index (χ2v) is 5.38. The number of fused-ring (bicyclic) bond motifs is 5. The summed E-state index contributed by atoms with van der Waals surface area (Å²) in [7, 11) is 0. The molecule has 0 unspecified atom stereocenters. The molecule has 0 aliphatic carbocycles. The van der Waals surface area contributed by atoms with E-state index in [2.05, 4.69) is 29.2 Å². The summed E-state index contributed by atoms with van der Waals surface area (Å²) in [5.41, 5.74) is 0.897. The van der Waals surface area contributed by atoms with E-state index in [-0.39, 0.29) is 5.56 Å². The molecule has 0 amide bonds. The molecule has 0 bridgehead atoms. The summed E-state index contributed by atoms with van der Waals surface area (Å²) < 4.78 is 2.41. The van der Waals surface area contributed by atoms with Gasteiger partial charge in [0, 0.05) is 21.5 Å². The van der Waals surface area contributed by atoms with Crippen molar-refractivity contribution < 1.29 is 0 Å². The fourth-order valence-corrected chi connectivity index (χ4v) is 3.62. The molecule has 4 rings (SSSR count). The molecule has 0 saturated heterocycles. The molecule has 0 saturated carbocycles. The van der Waals surface area contributed by atoms with Crippen molar-refractivity contribution >= 4 is 42.4 Å². The van der Waals surface area contributed by atoms with E-state index in [4.69, 9.17) is 0 Å². The lowest BCUT2D eigenvalue weighted by Crippen LogP contribution is -2.01. The monoisotopic (exact) mass is 251 g/mol. The number of H-pyrrole nitrogens is 1. The zero-order valence-electron chi connectivity index (χ0n) is 9.44. The van der Waals surface area contributed by atoms with E-state index in [9.17, 15) is 4.79 Å². The number of aromatic nitrogens is 1. The second kappa shape index (κ2) is 3.43. The lowest BCUT2D eigenvalue weighted by molar-refractivity contribution is 1.32. The van der Waals surface area contributed by atoms with Crippen LogP contribution in [-0.2, 0) is 0 Å².